The molecular formula is C18H21N7O2. The lowest BCUT2D eigenvalue weighted by Gasteiger charge is -2.36. The fourth-order valence-electron chi connectivity index (χ4n) is 3.45. The fourth-order valence-corrected chi connectivity index (χ4v) is 3.45. The molecule has 2 aromatic heterocycles. The molecule has 0 spiro atoms. The highest BCUT2D eigenvalue weighted by Gasteiger charge is 2.37. The number of nitrogens with one attached hydrogen (secondary N) is 1. The van der Waals surface area contributed by atoms with E-state index < -0.39 is 5.69 Å². The van der Waals surface area contributed by atoms with Crippen LogP contribution >= 0.6 is 0 Å². The molecule has 0 radical (unpaired) electrons. The zero-order chi connectivity index (χ0) is 19.1. The van der Waals surface area contributed by atoms with Gasteiger partial charge in [0.25, 0.3) is 5.91 Å². The van der Waals surface area contributed by atoms with Crippen LogP contribution in [0.4, 0.5) is 0 Å². The number of benzene rings is 1. The average molecular weight is 367 g/mol. The maximum atomic E-state index is 13.0. The van der Waals surface area contributed by atoms with Gasteiger partial charge >= 0.3 is 5.69 Å². The molecule has 0 aliphatic carbocycles. The van der Waals surface area contributed by atoms with Gasteiger partial charge in [-0.1, -0.05) is 44.2 Å². The Balaban J connectivity index is 1.72. The molecular weight excluding hydrogens is 346 g/mol. The van der Waals surface area contributed by atoms with Crippen molar-refractivity contribution in [3.8, 4) is 11.4 Å². The maximum absolute atomic E-state index is 13.0. The van der Waals surface area contributed by atoms with Crippen LogP contribution in [-0.2, 0) is 13.6 Å². The average Bonchev–Trinajstić information content (AvgIpc) is 3.24. The number of hydrogen-bond donors (Lipinski definition) is 1. The fraction of sp³-hybridized carbons (Fsp3) is 0.389. The third kappa shape index (κ3) is 2.94. The van der Waals surface area contributed by atoms with Gasteiger partial charge in [-0.05, 0) is 5.92 Å². The molecule has 9 nitrogen and oxygen atoms in total. The second kappa shape index (κ2) is 6.49. The molecule has 1 aliphatic rings. The molecule has 0 saturated carbocycles. The van der Waals surface area contributed by atoms with Crippen LogP contribution in [0, 0.1) is 5.92 Å². The van der Waals surface area contributed by atoms with Gasteiger partial charge in [0.15, 0.2) is 11.6 Å². The number of H-pyrrole nitrogens is 1. The molecule has 0 unspecified atom stereocenters. The van der Waals surface area contributed by atoms with Crippen LogP contribution in [0.15, 0.2) is 35.1 Å². The molecule has 9 heteroatoms. The van der Waals surface area contributed by atoms with Crippen molar-refractivity contribution in [3.63, 3.8) is 0 Å². The number of fused-ring (bicyclic) bond motifs is 1. The molecule has 1 N–H and O–H groups in total. The second-order valence-electron chi connectivity index (χ2n) is 6.97. The van der Waals surface area contributed by atoms with Gasteiger partial charge in [-0.3, -0.25) is 9.78 Å². The van der Waals surface area contributed by atoms with Gasteiger partial charge in [0.1, 0.15) is 0 Å². The minimum absolute atomic E-state index is 0.0457. The Bertz CT molecular complexity index is 1030. The minimum atomic E-state index is -0.411. The van der Waals surface area contributed by atoms with Crippen LogP contribution in [0.5, 0.6) is 0 Å². The molecule has 1 aliphatic heterocycles. The Morgan fingerprint density at radius 2 is 1.93 bits per heavy atom. The Morgan fingerprint density at radius 1 is 1.19 bits per heavy atom. The molecule has 0 bridgehead atoms. The molecule has 3 heterocycles. The largest absolute Gasteiger partial charge is 0.343 e. The summed E-state index contributed by atoms with van der Waals surface area (Å²) in [6.07, 6.45) is 0. The van der Waals surface area contributed by atoms with Gasteiger partial charge in [-0.2, -0.15) is 5.10 Å². The molecule has 1 amide bonds. The van der Waals surface area contributed by atoms with Crippen molar-refractivity contribution in [2.24, 2.45) is 13.0 Å². The summed E-state index contributed by atoms with van der Waals surface area (Å²) >= 11 is 0. The number of hydrogen-bond acceptors (Lipinski definition) is 5. The summed E-state index contributed by atoms with van der Waals surface area (Å²) in [5.74, 6) is 1.26. The summed E-state index contributed by atoms with van der Waals surface area (Å²) in [6, 6.07) is 9.53. The van der Waals surface area contributed by atoms with E-state index in [-0.39, 0.29) is 23.7 Å². The number of carbonyl (C=O) groups excluding carboxylic acids is 1. The normalized spacial score (nSPS) is 16.6. The number of aryl methyl sites for hydroxylation is 1. The summed E-state index contributed by atoms with van der Waals surface area (Å²) in [5.41, 5.74) is 0.528. The first-order valence-corrected chi connectivity index (χ1v) is 8.90. The van der Waals surface area contributed by atoms with Gasteiger partial charge in [-0.25, -0.2) is 19.1 Å². The van der Waals surface area contributed by atoms with Crippen LogP contribution in [0.25, 0.3) is 11.4 Å². The quantitative estimate of drug-likeness (QED) is 0.750. The number of nitrogens with zero attached hydrogens (tertiary/aromatic N) is 6. The Morgan fingerprint density at radius 3 is 2.56 bits per heavy atom. The first kappa shape index (κ1) is 17.2. The van der Waals surface area contributed by atoms with E-state index in [0.717, 1.165) is 16.1 Å². The molecule has 1 atom stereocenters. The first-order valence-electron chi connectivity index (χ1n) is 8.90. The van der Waals surface area contributed by atoms with Gasteiger partial charge in [0, 0.05) is 19.2 Å². The highest BCUT2D eigenvalue weighted by atomic mass is 16.2. The molecule has 4 rings (SSSR count). The molecule has 140 valence electrons. The smallest absolute Gasteiger partial charge is 0.324 e. The van der Waals surface area contributed by atoms with Gasteiger partial charge in [-0.15, -0.1) is 5.10 Å². The van der Waals surface area contributed by atoms with Crippen LogP contribution in [0.1, 0.15) is 36.3 Å². The zero-order valence-electron chi connectivity index (χ0n) is 15.5. The summed E-state index contributed by atoms with van der Waals surface area (Å²) in [6.45, 7) is 5.10. The summed E-state index contributed by atoms with van der Waals surface area (Å²) in [7, 11) is 1.51. The van der Waals surface area contributed by atoms with Crippen LogP contribution in [-0.4, -0.2) is 46.9 Å². The van der Waals surface area contributed by atoms with Crippen molar-refractivity contribution in [3.05, 3.63) is 52.5 Å². The monoisotopic (exact) mass is 367 g/mol. The summed E-state index contributed by atoms with van der Waals surface area (Å²) < 4.78 is 3.00. The highest BCUT2D eigenvalue weighted by molar-refractivity contribution is 5.90. The lowest BCUT2D eigenvalue weighted by molar-refractivity contribution is 0.0524. The van der Waals surface area contributed by atoms with Crippen molar-refractivity contribution in [2.75, 3.05) is 6.54 Å². The van der Waals surface area contributed by atoms with Crippen LogP contribution in [0.2, 0.25) is 0 Å². The second-order valence-corrected chi connectivity index (χ2v) is 6.97. The van der Waals surface area contributed by atoms with Crippen molar-refractivity contribution in [1.82, 2.24) is 34.4 Å². The standard InChI is InChI=1S/C18H21N7O2/c1-11(2)13-16-19-14(12-7-5-4-6-8-12)22-25(16)10-9-24(13)17(26)15-20-18(27)23(3)21-15/h4-8,11,13H,9-10H2,1-3H3,(H,20,21,27)/t13-/m0/s1. The van der Waals surface area contributed by atoms with E-state index >= 15 is 0 Å². The van der Waals surface area contributed by atoms with Crippen molar-refractivity contribution in [2.45, 2.75) is 26.4 Å². The SMILES string of the molecule is CC(C)[C@H]1c2nc(-c3ccccc3)nn2CCN1C(=O)c1nn(C)c(=O)[nH]1. The zero-order valence-corrected chi connectivity index (χ0v) is 15.5. The van der Waals surface area contributed by atoms with Crippen LogP contribution in [0.3, 0.4) is 0 Å². The molecule has 0 fully saturated rings. The molecule has 0 saturated heterocycles. The molecule has 1 aromatic carbocycles. The van der Waals surface area contributed by atoms with E-state index in [1.807, 2.05) is 48.9 Å². The van der Waals surface area contributed by atoms with Crippen molar-refractivity contribution in [1.29, 1.82) is 0 Å². The summed E-state index contributed by atoms with van der Waals surface area (Å²) in [4.78, 5) is 33.6. The Hall–Kier alpha value is -3.23. The lowest BCUT2D eigenvalue weighted by Crippen LogP contribution is -2.45. The lowest BCUT2D eigenvalue weighted by atomic mass is 9.99. The van der Waals surface area contributed by atoms with E-state index in [0.29, 0.717) is 18.9 Å². The van der Waals surface area contributed by atoms with E-state index in [1.54, 1.807) is 4.90 Å². The number of amides is 1. The van der Waals surface area contributed by atoms with Gasteiger partial charge in [0.2, 0.25) is 5.82 Å². The topological polar surface area (TPSA) is 102 Å². The number of aromatic nitrogens is 6. The predicted octanol–water partition coefficient (Wildman–Crippen LogP) is 1.22. The third-order valence-corrected chi connectivity index (χ3v) is 4.75. The van der Waals surface area contributed by atoms with Crippen molar-refractivity contribution >= 4 is 5.91 Å². The molecule has 27 heavy (non-hydrogen) atoms. The van der Waals surface area contributed by atoms with E-state index in [9.17, 15) is 9.59 Å². The molecule has 3 aromatic rings. The van der Waals surface area contributed by atoms with E-state index in [4.69, 9.17) is 4.98 Å². The summed E-state index contributed by atoms with van der Waals surface area (Å²) in [5, 5.41) is 8.63. The predicted molar refractivity (Wildman–Crippen MR) is 97.9 cm³/mol. The Labute approximate surface area is 155 Å². The number of carbonyl (C=O) groups is 1. The minimum Gasteiger partial charge on any atom is -0.324 e. The third-order valence-electron chi connectivity index (χ3n) is 4.75. The van der Waals surface area contributed by atoms with Gasteiger partial charge in [0.05, 0.1) is 12.6 Å². The van der Waals surface area contributed by atoms with Crippen LogP contribution < -0.4 is 5.69 Å². The number of aromatic amines is 1. The van der Waals surface area contributed by atoms with E-state index in [2.05, 4.69) is 15.2 Å². The first-order chi connectivity index (χ1) is 13.0. The van der Waals surface area contributed by atoms with Gasteiger partial charge < -0.3 is 4.90 Å². The highest BCUT2D eigenvalue weighted by Crippen LogP contribution is 2.32. The maximum Gasteiger partial charge on any atom is 0.343 e. The van der Waals surface area contributed by atoms with Crippen molar-refractivity contribution < 1.29 is 4.79 Å². The Kier molecular flexibility index (Phi) is 4.14. The van der Waals surface area contributed by atoms with E-state index in [1.165, 1.54) is 7.05 Å². The number of rotatable bonds is 3.